The van der Waals surface area contributed by atoms with Gasteiger partial charge in [-0.1, -0.05) is 12.1 Å². The Balaban J connectivity index is 2.58. The lowest BCUT2D eigenvalue weighted by atomic mass is 10.1. The maximum atomic E-state index is 11.4. The Morgan fingerprint density at radius 3 is 2.68 bits per heavy atom. The molecule has 1 rings (SSSR count). The van der Waals surface area contributed by atoms with E-state index >= 15 is 0 Å². The topological polar surface area (TPSA) is 70.2 Å². The highest BCUT2D eigenvalue weighted by Crippen LogP contribution is 2.17. The van der Waals surface area contributed by atoms with Crippen LogP contribution in [0.15, 0.2) is 24.3 Å². The summed E-state index contributed by atoms with van der Waals surface area (Å²) in [6.07, 6.45) is 0. The summed E-state index contributed by atoms with van der Waals surface area (Å²) in [6, 6.07) is 7.61. The van der Waals surface area contributed by atoms with Crippen molar-refractivity contribution in [1.82, 2.24) is 10.6 Å². The number of benzene rings is 1. The number of carbonyl (C=O) groups excluding carboxylic acids is 2. The molecule has 19 heavy (non-hydrogen) atoms. The summed E-state index contributed by atoms with van der Waals surface area (Å²) < 4.78 is 0. The van der Waals surface area contributed by atoms with E-state index in [4.69, 9.17) is 0 Å². The number of likely N-dealkylation sites (N-methyl/N-ethyl adjacent to an activating group) is 1. The van der Waals surface area contributed by atoms with E-state index in [0.717, 1.165) is 11.3 Å². The zero-order chi connectivity index (χ0) is 14.3. The third-order valence-corrected chi connectivity index (χ3v) is 2.65. The van der Waals surface area contributed by atoms with E-state index in [1.165, 1.54) is 6.92 Å². The van der Waals surface area contributed by atoms with Gasteiger partial charge in [0.25, 0.3) is 0 Å². The normalized spacial score (nSPS) is 11.7. The number of hydrogen-bond donors (Lipinski definition) is 3. The Labute approximate surface area is 113 Å². The molecule has 0 aliphatic carbocycles. The molecule has 1 unspecified atom stereocenters. The lowest BCUT2D eigenvalue weighted by Gasteiger charge is -2.15. The van der Waals surface area contributed by atoms with Crippen molar-refractivity contribution >= 4 is 17.5 Å². The van der Waals surface area contributed by atoms with Crippen LogP contribution in [0.2, 0.25) is 0 Å². The Kier molecular flexibility index (Phi) is 6.02. The van der Waals surface area contributed by atoms with Gasteiger partial charge in [0.05, 0.1) is 6.54 Å². The molecule has 0 radical (unpaired) electrons. The van der Waals surface area contributed by atoms with E-state index in [1.54, 1.807) is 0 Å². The minimum Gasteiger partial charge on any atom is -0.355 e. The Morgan fingerprint density at radius 1 is 1.32 bits per heavy atom. The molecule has 5 nitrogen and oxygen atoms in total. The van der Waals surface area contributed by atoms with E-state index in [1.807, 2.05) is 38.1 Å². The third-order valence-electron chi connectivity index (χ3n) is 2.65. The molecular weight excluding hydrogens is 242 g/mol. The van der Waals surface area contributed by atoms with Gasteiger partial charge in [-0.3, -0.25) is 9.59 Å². The van der Waals surface area contributed by atoms with Gasteiger partial charge in [0.2, 0.25) is 11.8 Å². The van der Waals surface area contributed by atoms with Gasteiger partial charge < -0.3 is 16.0 Å². The lowest BCUT2D eigenvalue weighted by Crippen LogP contribution is -2.34. The fourth-order valence-corrected chi connectivity index (χ4v) is 1.71. The second kappa shape index (κ2) is 7.53. The van der Waals surface area contributed by atoms with Crippen LogP contribution in [0.4, 0.5) is 5.69 Å². The van der Waals surface area contributed by atoms with Crippen LogP contribution in [0.5, 0.6) is 0 Å². The molecule has 2 amide bonds. The number of carbonyl (C=O) groups is 2. The molecule has 0 aliphatic rings. The maximum Gasteiger partial charge on any atom is 0.233 e. The second-order valence-electron chi connectivity index (χ2n) is 4.36. The van der Waals surface area contributed by atoms with E-state index in [2.05, 4.69) is 16.0 Å². The van der Waals surface area contributed by atoms with Gasteiger partial charge in [-0.05, 0) is 31.5 Å². The van der Waals surface area contributed by atoms with Gasteiger partial charge in [-0.15, -0.1) is 0 Å². The molecule has 3 N–H and O–H groups in total. The number of amides is 2. The molecule has 0 aromatic heterocycles. The molecule has 0 bridgehead atoms. The van der Waals surface area contributed by atoms with E-state index in [-0.39, 0.29) is 24.4 Å². The fourth-order valence-electron chi connectivity index (χ4n) is 1.71. The van der Waals surface area contributed by atoms with Crippen molar-refractivity contribution < 1.29 is 9.59 Å². The van der Waals surface area contributed by atoms with Crippen molar-refractivity contribution in [1.29, 1.82) is 0 Å². The number of rotatable bonds is 6. The molecule has 0 fully saturated rings. The van der Waals surface area contributed by atoms with Gasteiger partial charge in [0.15, 0.2) is 0 Å². The van der Waals surface area contributed by atoms with Crippen LogP contribution in [0.3, 0.4) is 0 Å². The molecule has 1 aromatic carbocycles. The summed E-state index contributed by atoms with van der Waals surface area (Å²) in [4.78, 5) is 22.4. The van der Waals surface area contributed by atoms with Crippen LogP contribution in [-0.4, -0.2) is 24.9 Å². The molecule has 0 saturated heterocycles. The van der Waals surface area contributed by atoms with E-state index in [9.17, 15) is 9.59 Å². The maximum absolute atomic E-state index is 11.4. The minimum atomic E-state index is -0.0971. The first-order valence-electron chi connectivity index (χ1n) is 6.40. The summed E-state index contributed by atoms with van der Waals surface area (Å²) in [5, 5.41) is 8.61. The van der Waals surface area contributed by atoms with Gasteiger partial charge >= 0.3 is 0 Å². The standard InChI is InChI=1S/C14H21N3O2/c1-4-15-14(19)9-16-10(2)12-6-5-7-13(8-12)17-11(3)18/h5-8,10,16H,4,9H2,1-3H3,(H,15,19)(H,17,18). The number of nitrogens with one attached hydrogen (secondary N) is 3. The number of anilines is 1. The van der Waals surface area contributed by atoms with Gasteiger partial charge in [-0.25, -0.2) is 0 Å². The number of hydrogen-bond acceptors (Lipinski definition) is 3. The van der Waals surface area contributed by atoms with Crippen molar-refractivity contribution in [3.05, 3.63) is 29.8 Å². The van der Waals surface area contributed by atoms with Gasteiger partial charge in [-0.2, -0.15) is 0 Å². The van der Waals surface area contributed by atoms with Crippen molar-refractivity contribution in [3.8, 4) is 0 Å². The molecule has 1 aromatic rings. The predicted octanol–water partition coefficient (Wildman–Crippen LogP) is 1.43. The molecule has 0 spiro atoms. The summed E-state index contributed by atoms with van der Waals surface area (Å²) in [5.41, 5.74) is 1.78. The van der Waals surface area contributed by atoms with Crippen molar-refractivity contribution in [2.75, 3.05) is 18.4 Å². The fraction of sp³-hybridized carbons (Fsp3) is 0.429. The first-order valence-corrected chi connectivity index (χ1v) is 6.40. The molecular formula is C14H21N3O2. The Morgan fingerprint density at radius 2 is 2.05 bits per heavy atom. The highest BCUT2D eigenvalue weighted by Gasteiger charge is 2.08. The molecule has 5 heteroatoms. The summed E-state index contributed by atoms with van der Waals surface area (Å²) in [6.45, 7) is 6.25. The quantitative estimate of drug-likeness (QED) is 0.727. The Bertz CT molecular complexity index is 446. The zero-order valence-electron chi connectivity index (χ0n) is 11.6. The van der Waals surface area contributed by atoms with E-state index in [0.29, 0.717) is 6.54 Å². The van der Waals surface area contributed by atoms with Crippen LogP contribution < -0.4 is 16.0 Å². The van der Waals surface area contributed by atoms with E-state index < -0.39 is 0 Å². The van der Waals surface area contributed by atoms with Crippen LogP contribution in [-0.2, 0) is 9.59 Å². The molecule has 0 heterocycles. The second-order valence-corrected chi connectivity index (χ2v) is 4.36. The zero-order valence-corrected chi connectivity index (χ0v) is 11.6. The van der Waals surface area contributed by atoms with Crippen LogP contribution in [0, 0.1) is 0 Å². The summed E-state index contributed by atoms with van der Waals surface area (Å²) in [7, 11) is 0. The summed E-state index contributed by atoms with van der Waals surface area (Å²) >= 11 is 0. The first kappa shape index (κ1) is 15.2. The molecule has 0 aliphatic heterocycles. The summed E-state index contributed by atoms with van der Waals surface area (Å²) in [5.74, 6) is -0.118. The van der Waals surface area contributed by atoms with Crippen LogP contribution in [0.1, 0.15) is 32.4 Å². The van der Waals surface area contributed by atoms with Gasteiger partial charge in [0, 0.05) is 25.2 Å². The van der Waals surface area contributed by atoms with Gasteiger partial charge in [0.1, 0.15) is 0 Å². The predicted molar refractivity (Wildman–Crippen MR) is 75.8 cm³/mol. The minimum absolute atomic E-state index is 0.0210. The van der Waals surface area contributed by atoms with Crippen molar-refractivity contribution in [3.63, 3.8) is 0 Å². The average molecular weight is 263 g/mol. The molecule has 1 atom stereocenters. The van der Waals surface area contributed by atoms with Crippen LogP contribution in [0.25, 0.3) is 0 Å². The molecule has 104 valence electrons. The average Bonchev–Trinajstić information content (AvgIpc) is 2.36. The van der Waals surface area contributed by atoms with Crippen molar-refractivity contribution in [2.24, 2.45) is 0 Å². The first-order chi connectivity index (χ1) is 9.02. The highest BCUT2D eigenvalue weighted by atomic mass is 16.2. The van der Waals surface area contributed by atoms with Crippen molar-refractivity contribution in [2.45, 2.75) is 26.8 Å². The largest absolute Gasteiger partial charge is 0.355 e. The highest BCUT2D eigenvalue weighted by molar-refractivity contribution is 5.88. The third kappa shape index (κ3) is 5.52. The van der Waals surface area contributed by atoms with Crippen LogP contribution >= 0.6 is 0 Å². The smallest absolute Gasteiger partial charge is 0.233 e. The Hall–Kier alpha value is -1.88. The lowest BCUT2D eigenvalue weighted by molar-refractivity contribution is -0.120. The monoisotopic (exact) mass is 263 g/mol. The SMILES string of the molecule is CCNC(=O)CNC(C)c1cccc(NC(C)=O)c1. The molecule has 0 saturated carbocycles.